The van der Waals surface area contributed by atoms with Gasteiger partial charge in [0.25, 0.3) is 0 Å². The monoisotopic (exact) mass is 823 g/mol. The van der Waals surface area contributed by atoms with Crippen LogP contribution < -0.4 is 40.6 Å². The molecule has 0 atom stereocenters. The van der Waals surface area contributed by atoms with E-state index in [9.17, 15) is 36.7 Å². The van der Waals surface area contributed by atoms with E-state index in [4.69, 9.17) is 5.73 Å². The summed E-state index contributed by atoms with van der Waals surface area (Å²) < 4.78 is 56.8. The van der Waals surface area contributed by atoms with Crippen LogP contribution in [0.5, 0.6) is 0 Å². The second-order valence-corrected chi connectivity index (χ2v) is 10.2. The number of carbonyl (C=O) groups excluding carboxylic acids is 4. The minimum Gasteiger partial charge on any atom is -0.793 e. The van der Waals surface area contributed by atoms with Crippen LogP contribution in [0.4, 0.5) is 29.2 Å². The van der Waals surface area contributed by atoms with Crippen LogP contribution in [0.1, 0.15) is 36.7 Å². The summed E-state index contributed by atoms with van der Waals surface area (Å²) in [6.45, 7) is 3.58. The molecule has 0 amide bonds. The number of anilines is 2. The quantitative estimate of drug-likeness (QED) is 0.102. The fourth-order valence-electron chi connectivity index (χ4n) is 2.49. The standard InChI is InChI=1S/C12H9BrF2N2.C7H4F2O.C5H5BrN2.C4H6O4.C2H3BO2.Na/c13-8-4-5-12(16-6-8)17-7-9-10(14)2-1-3-11(9)15;8-6-2-1-3-7(9)5(6)4-10;6-4-1-2-5(7)8-3-4;1-3(5)7-8-4(2)6;1-2(4)5-3;/h1-6H,7H2,(H,16,17);1-4H;1-3H,(H2,7,8);1-2H3;1H3;/q;;;;-1;+1. The molecule has 2 heterocycles. The number of nitrogens with two attached hydrogens (primary N) is 1. The van der Waals surface area contributed by atoms with Crippen molar-refractivity contribution in [1.82, 2.24) is 9.97 Å². The van der Waals surface area contributed by atoms with Gasteiger partial charge in [0.05, 0.1) is 5.56 Å². The molecule has 0 saturated carbocycles. The Kier molecular flexibility index (Phi) is 26.1. The zero-order chi connectivity index (χ0) is 36.6. The summed E-state index contributed by atoms with van der Waals surface area (Å²) in [6, 6.07) is 14.2. The zero-order valence-electron chi connectivity index (χ0n) is 26.4. The summed E-state index contributed by atoms with van der Waals surface area (Å²) in [4.78, 5) is 54.6. The molecule has 3 N–H and O–H groups in total. The first-order valence-corrected chi connectivity index (χ1v) is 14.5. The number of aromatic nitrogens is 2. The van der Waals surface area contributed by atoms with Crippen molar-refractivity contribution >= 4 is 75.7 Å². The molecule has 0 aliphatic heterocycles. The van der Waals surface area contributed by atoms with E-state index >= 15 is 0 Å². The van der Waals surface area contributed by atoms with Gasteiger partial charge in [-0.05, 0) is 80.4 Å². The Morgan fingerprint density at radius 1 is 0.776 bits per heavy atom. The van der Waals surface area contributed by atoms with Crippen molar-refractivity contribution in [3.8, 4) is 0 Å². The smallest absolute Gasteiger partial charge is 0.793 e. The molecule has 49 heavy (non-hydrogen) atoms. The number of nitrogens with one attached hydrogen (secondary N) is 1. The zero-order valence-corrected chi connectivity index (χ0v) is 31.6. The van der Waals surface area contributed by atoms with Crippen molar-refractivity contribution in [2.75, 3.05) is 11.1 Å². The molecule has 0 unspecified atom stereocenters. The minimum atomic E-state index is -0.824. The van der Waals surface area contributed by atoms with Crippen molar-refractivity contribution in [1.29, 1.82) is 0 Å². The molecule has 11 nitrogen and oxygen atoms in total. The van der Waals surface area contributed by atoms with Gasteiger partial charge < -0.3 is 23.8 Å². The van der Waals surface area contributed by atoms with Crippen LogP contribution in [-0.2, 0) is 35.4 Å². The van der Waals surface area contributed by atoms with Crippen LogP contribution in [-0.4, -0.2) is 42.2 Å². The molecule has 19 heteroatoms. The van der Waals surface area contributed by atoms with Gasteiger partial charge in [-0.25, -0.2) is 46.9 Å². The van der Waals surface area contributed by atoms with Gasteiger partial charge in [0, 0.05) is 54.2 Å². The van der Waals surface area contributed by atoms with Crippen molar-refractivity contribution in [2.24, 2.45) is 0 Å². The molecule has 2 aromatic carbocycles. The summed E-state index contributed by atoms with van der Waals surface area (Å²) in [5.74, 6) is -3.40. The number of aldehydes is 1. The molecule has 0 saturated heterocycles. The summed E-state index contributed by atoms with van der Waals surface area (Å²) in [5, 5.41) is 2.86. The summed E-state index contributed by atoms with van der Waals surface area (Å²) in [7, 11) is 4.32. The van der Waals surface area contributed by atoms with Gasteiger partial charge in [0.15, 0.2) is 6.29 Å². The average Bonchev–Trinajstić information content (AvgIpc) is 3.03. The second kappa shape index (κ2) is 27.0. The molecular formula is C30H27BBr2F4N4NaO7. The van der Waals surface area contributed by atoms with E-state index in [1.807, 2.05) is 6.07 Å². The molecule has 0 aliphatic carbocycles. The first-order chi connectivity index (χ1) is 22.6. The SMILES string of the molecule is CC(=O)OOC(C)=O.Fc1cccc(F)c1CNc1ccc(Br)cn1.Nc1ccc(Br)cn1.O=Cc1c(F)cccc1F.[B-]OC(C)=O.[Na+]. The number of hydrogen-bond donors (Lipinski definition) is 2. The van der Waals surface area contributed by atoms with Crippen LogP contribution >= 0.6 is 31.9 Å². The number of hydrogen-bond acceptors (Lipinski definition) is 11. The predicted molar refractivity (Wildman–Crippen MR) is 175 cm³/mol. The number of nitrogen functional groups attached to an aromatic ring is 1. The summed E-state index contributed by atoms with van der Waals surface area (Å²) >= 11 is 6.48. The van der Waals surface area contributed by atoms with Crippen molar-refractivity contribution < 1.29 is 80.7 Å². The van der Waals surface area contributed by atoms with E-state index in [0.29, 0.717) is 11.6 Å². The minimum absolute atomic E-state index is 0. The van der Waals surface area contributed by atoms with E-state index in [2.05, 4.69) is 69.6 Å². The molecular weight excluding hydrogens is 798 g/mol. The number of carbonyl (C=O) groups is 4. The maximum absolute atomic E-state index is 13.3. The molecule has 255 valence electrons. The maximum Gasteiger partial charge on any atom is 1.00 e. The van der Waals surface area contributed by atoms with E-state index < -0.39 is 46.7 Å². The topological polar surface area (TPSA) is 160 Å². The Morgan fingerprint density at radius 2 is 1.20 bits per heavy atom. The Morgan fingerprint density at radius 3 is 1.51 bits per heavy atom. The van der Waals surface area contributed by atoms with Crippen LogP contribution in [0.2, 0.25) is 0 Å². The Balaban J connectivity index is 0. The van der Waals surface area contributed by atoms with Gasteiger partial charge in [-0.1, -0.05) is 12.1 Å². The largest absolute Gasteiger partial charge is 1.00 e. The number of benzene rings is 2. The molecule has 3 radical (unpaired) electrons. The van der Waals surface area contributed by atoms with Crippen LogP contribution in [0.3, 0.4) is 0 Å². The maximum atomic E-state index is 13.3. The third-order valence-electron chi connectivity index (χ3n) is 4.55. The molecule has 4 aromatic rings. The fourth-order valence-corrected chi connectivity index (χ4v) is 2.96. The van der Waals surface area contributed by atoms with Crippen molar-refractivity contribution in [3.05, 3.63) is 116 Å². The third kappa shape index (κ3) is 23.2. The molecule has 0 fully saturated rings. The summed E-state index contributed by atoms with van der Waals surface area (Å²) in [5.41, 5.74) is 4.79. The van der Waals surface area contributed by atoms with Gasteiger partial charge >= 0.3 is 41.5 Å². The first-order valence-electron chi connectivity index (χ1n) is 12.9. The van der Waals surface area contributed by atoms with Crippen LogP contribution in [0, 0.1) is 23.3 Å². The number of rotatable bonds is 4. The van der Waals surface area contributed by atoms with Crippen LogP contribution in [0.15, 0.2) is 82.0 Å². The van der Waals surface area contributed by atoms with Crippen molar-refractivity contribution in [3.63, 3.8) is 0 Å². The van der Waals surface area contributed by atoms with E-state index in [1.165, 1.54) is 31.2 Å². The molecule has 0 spiro atoms. The molecule has 4 rings (SSSR count). The Labute approximate surface area is 319 Å². The summed E-state index contributed by atoms with van der Waals surface area (Å²) in [6.07, 6.45) is 3.43. The number of nitrogens with zero attached hydrogens (tertiary/aromatic N) is 2. The van der Waals surface area contributed by atoms with Gasteiger partial charge in [-0.3, -0.25) is 9.59 Å². The normalized spacial score (nSPS) is 8.94. The van der Waals surface area contributed by atoms with Crippen molar-refractivity contribution in [2.45, 2.75) is 27.3 Å². The van der Waals surface area contributed by atoms with E-state index in [0.717, 1.165) is 34.9 Å². The second-order valence-electron chi connectivity index (χ2n) is 8.33. The Hall–Kier alpha value is -3.84. The van der Waals surface area contributed by atoms with Gasteiger partial charge in [-0.15, -0.1) is 0 Å². The molecule has 2 aromatic heterocycles. The predicted octanol–water partition coefficient (Wildman–Crippen LogP) is 3.60. The molecule has 0 bridgehead atoms. The first kappa shape index (κ1) is 47.3. The third-order valence-corrected chi connectivity index (χ3v) is 5.48. The average molecular weight is 825 g/mol. The van der Waals surface area contributed by atoms with Crippen LogP contribution in [0.25, 0.3) is 0 Å². The van der Waals surface area contributed by atoms with E-state index in [-0.39, 0.29) is 48.0 Å². The van der Waals surface area contributed by atoms with Gasteiger partial charge in [0.1, 0.15) is 34.9 Å². The van der Waals surface area contributed by atoms with E-state index in [1.54, 1.807) is 30.6 Å². The fraction of sp³-hybridized carbons (Fsp3) is 0.133. The number of pyridine rings is 2. The van der Waals surface area contributed by atoms with Gasteiger partial charge in [0.2, 0.25) is 5.97 Å². The van der Waals surface area contributed by atoms with Gasteiger partial charge in [-0.2, -0.15) is 0 Å². The number of halogens is 6. The Bertz CT molecular complexity index is 1540. The molecule has 0 aliphatic rings.